The third kappa shape index (κ3) is 5.92. The Labute approximate surface area is 208 Å². The Morgan fingerprint density at radius 1 is 1.03 bits per heavy atom. The van der Waals surface area contributed by atoms with Crippen LogP contribution in [-0.4, -0.2) is 77.7 Å². The van der Waals surface area contributed by atoms with Crippen molar-refractivity contribution in [3.05, 3.63) is 36.4 Å². The first kappa shape index (κ1) is 24.9. The fourth-order valence-electron chi connectivity index (χ4n) is 4.61. The smallest absolute Gasteiger partial charge is 0.242 e. The molecule has 188 valence electrons. The van der Waals surface area contributed by atoms with Gasteiger partial charge in [0.15, 0.2) is 5.82 Å². The van der Waals surface area contributed by atoms with E-state index in [-0.39, 0.29) is 30.3 Å². The van der Waals surface area contributed by atoms with E-state index in [1.54, 1.807) is 7.11 Å². The molecule has 35 heavy (non-hydrogen) atoms. The van der Waals surface area contributed by atoms with E-state index in [9.17, 15) is 9.59 Å². The van der Waals surface area contributed by atoms with Gasteiger partial charge in [-0.2, -0.15) is 0 Å². The molecule has 8 heteroatoms. The molecule has 1 saturated heterocycles. The molecule has 0 unspecified atom stereocenters. The van der Waals surface area contributed by atoms with Crippen molar-refractivity contribution >= 4 is 17.6 Å². The molecule has 0 N–H and O–H groups in total. The van der Waals surface area contributed by atoms with Crippen molar-refractivity contribution in [2.45, 2.75) is 52.0 Å². The lowest BCUT2D eigenvalue weighted by atomic mass is 9.84. The Hall–Kier alpha value is -3.16. The molecular weight excluding hydrogens is 442 g/mol. The van der Waals surface area contributed by atoms with Crippen LogP contribution in [0.2, 0.25) is 0 Å². The van der Waals surface area contributed by atoms with E-state index in [1.165, 1.54) is 0 Å². The molecule has 2 heterocycles. The molecule has 1 aromatic carbocycles. The predicted molar refractivity (Wildman–Crippen MR) is 136 cm³/mol. The van der Waals surface area contributed by atoms with Crippen LogP contribution in [0.15, 0.2) is 36.4 Å². The van der Waals surface area contributed by atoms with Crippen LogP contribution >= 0.6 is 0 Å². The largest absolute Gasteiger partial charge is 0.497 e. The van der Waals surface area contributed by atoms with Gasteiger partial charge >= 0.3 is 0 Å². The number of nitrogens with zero attached hydrogens (tertiary/aromatic N) is 5. The molecule has 1 aliphatic heterocycles. The van der Waals surface area contributed by atoms with Crippen LogP contribution in [0.5, 0.6) is 5.75 Å². The zero-order valence-corrected chi connectivity index (χ0v) is 21.2. The maximum atomic E-state index is 13.2. The first-order valence-corrected chi connectivity index (χ1v) is 12.8. The highest BCUT2D eigenvalue weighted by atomic mass is 16.5. The fourth-order valence-corrected chi connectivity index (χ4v) is 4.61. The number of rotatable bonds is 8. The van der Waals surface area contributed by atoms with Crippen molar-refractivity contribution in [1.82, 2.24) is 20.0 Å². The predicted octanol–water partition coefficient (Wildman–Crippen LogP) is 3.62. The molecule has 8 nitrogen and oxygen atoms in total. The number of amides is 2. The van der Waals surface area contributed by atoms with E-state index < -0.39 is 0 Å². The number of methoxy groups -OCH3 is 1. The summed E-state index contributed by atoms with van der Waals surface area (Å²) in [5.41, 5.74) is 1.80. The number of ether oxygens (including phenoxy) is 1. The van der Waals surface area contributed by atoms with Crippen molar-refractivity contribution in [3.63, 3.8) is 0 Å². The molecule has 0 spiro atoms. The quantitative estimate of drug-likeness (QED) is 0.576. The lowest BCUT2D eigenvalue weighted by Gasteiger charge is -2.36. The molecule has 0 bridgehead atoms. The van der Waals surface area contributed by atoms with Crippen LogP contribution in [0.1, 0.15) is 46.0 Å². The zero-order valence-electron chi connectivity index (χ0n) is 21.2. The molecule has 2 amide bonds. The standard InChI is InChI=1S/C27H37N5O3/c1-4-20(2)32(27(34)22-7-5-8-22)19-26(33)31-16-6-15-30(17-18-31)25-14-13-24(28-29-25)21-9-11-23(35-3)12-10-21/h9-14,20,22H,4-8,15-19H2,1-3H3/t20-/m0/s1. The van der Waals surface area contributed by atoms with Crippen LogP contribution in [0.25, 0.3) is 11.3 Å². The third-order valence-corrected chi connectivity index (χ3v) is 7.37. The maximum absolute atomic E-state index is 13.2. The van der Waals surface area contributed by atoms with Crippen LogP contribution < -0.4 is 9.64 Å². The topological polar surface area (TPSA) is 78.9 Å². The zero-order chi connectivity index (χ0) is 24.8. The minimum absolute atomic E-state index is 0.0424. The van der Waals surface area contributed by atoms with Crippen LogP contribution in [0.3, 0.4) is 0 Å². The summed E-state index contributed by atoms with van der Waals surface area (Å²) in [6.45, 7) is 7.12. The highest BCUT2D eigenvalue weighted by Gasteiger charge is 2.33. The first-order valence-electron chi connectivity index (χ1n) is 12.8. The van der Waals surface area contributed by atoms with Crippen molar-refractivity contribution in [2.75, 3.05) is 44.7 Å². The summed E-state index contributed by atoms with van der Waals surface area (Å²) in [5.74, 6) is 1.93. The van der Waals surface area contributed by atoms with Gasteiger partial charge in [0, 0.05) is 43.7 Å². The number of carbonyl (C=O) groups is 2. The van der Waals surface area contributed by atoms with Gasteiger partial charge < -0.3 is 19.4 Å². The molecule has 1 atom stereocenters. The molecule has 4 rings (SSSR count). The van der Waals surface area contributed by atoms with Gasteiger partial charge in [0.2, 0.25) is 11.8 Å². The van der Waals surface area contributed by atoms with E-state index in [0.717, 1.165) is 61.5 Å². The van der Waals surface area contributed by atoms with Gasteiger partial charge in [0.1, 0.15) is 5.75 Å². The number of carbonyl (C=O) groups excluding carboxylic acids is 2. The first-order chi connectivity index (χ1) is 17.0. The Morgan fingerprint density at radius 2 is 1.80 bits per heavy atom. The van der Waals surface area contributed by atoms with Crippen molar-refractivity contribution < 1.29 is 14.3 Å². The highest BCUT2D eigenvalue weighted by Crippen LogP contribution is 2.29. The summed E-state index contributed by atoms with van der Waals surface area (Å²) in [7, 11) is 1.65. The number of benzene rings is 1. The molecule has 1 saturated carbocycles. The second-order valence-electron chi connectivity index (χ2n) is 9.58. The monoisotopic (exact) mass is 479 g/mol. The van der Waals surface area contributed by atoms with Crippen LogP contribution in [-0.2, 0) is 9.59 Å². The Balaban J connectivity index is 1.35. The van der Waals surface area contributed by atoms with Gasteiger partial charge in [0.05, 0.1) is 19.3 Å². The third-order valence-electron chi connectivity index (χ3n) is 7.37. The molecular formula is C27H37N5O3. The van der Waals surface area contributed by atoms with Crippen LogP contribution in [0.4, 0.5) is 5.82 Å². The second-order valence-corrected chi connectivity index (χ2v) is 9.58. The number of hydrogen-bond acceptors (Lipinski definition) is 6. The Morgan fingerprint density at radius 3 is 2.40 bits per heavy atom. The van der Waals surface area contributed by atoms with Crippen molar-refractivity contribution in [2.24, 2.45) is 5.92 Å². The Bertz CT molecular complexity index is 991. The van der Waals surface area contributed by atoms with Gasteiger partial charge in [-0.1, -0.05) is 13.3 Å². The molecule has 1 aliphatic carbocycles. The number of anilines is 1. The minimum Gasteiger partial charge on any atom is -0.497 e. The summed E-state index contributed by atoms with van der Waals surface area (Å²) >= 11 is 0. The fraction of sp³-hybridized carbons (Fsp3) is 0.556. The average molecular weight is 480 g/mol. The SMILES string of the molecule is CC[C@H](C)N(CC(=O)N1CCCN(c2ccc(-c3ccc(OC)cc3)nn2)CC1)C(=O)C1CCC1. The van der Waals surface area contributed by atoms with Crippen LogP contribution in [0, 0.1) is 5.92 Å². The minimum atomic E-state index is 0.0424. The summed E-state index contributed by atoms with van der Waals surface area (Å²) in [6, 6.07) is 11.8. The van der Waals surface area contributed by atoms with E-state index in [2.05, 4.69) is 22.0 Å². The Kier molecular flexibility index (Phi) is 8.21. The molecule has 2 aliphatic rings. The average Bonchev–Trinajstić information content (AvgIpc) is 3.12. The summed E-state index contributed by atoms with van der Waals surface area (Å²) in [4.78, 5) is 32.0. The van der Waals surface area contributed by atoms with E-state index >= 15 is 0 Å². The van der Waals surface area contributed by atoms with Crippen molar-refractivity contribution in [1.29, 1.82) is 0 Å². The molecule has 2 aromatic rings. The highest BCUT2D eigenvalue weighted by molar-refractivity contribution is 5.86. The lowest BCUT2D eigenvalue weighted by molar-refractivity contribution is -0.146. The van der Waals surface area contributed by atoms with E-state index in [1.807, 2.05) is 53.1 Å². The second kappa shape index (κ2) is 11.5. The normalized spacial score (nSPS) is 17.3. The molecule has 1 aromatic heterocycles. The molecule has 2 fully saturated rings. The van der Waals surface area contributed by atoms with Gasteiger partial charge in [-0.15, -0.1) is 10.2 Å². The van der Waals surface area contributed by atoms with Crippen molar-refractivity contribution in [3.8, 4) is 17.0 Å². The maximum Gasteiger partial charge on any atom is 0.242 e. The summed E-state index contributed by atoms with van der Waals surface area (Å²) < 4.78 is 5.22. The lowest BCUT2D eigenvalue weighted by Crippen LogP contribution is -2.50. The molecule has 0 radical (unpaired) electrons. The van der Waals surface area contributed by atoms with Gasteiger partial charge in [-0.3, -0.25) is 9.59 Å². The number of hydrogen-bond donors (Lipinski definition) is 0. The van der Waals surface area contributed by atoms with E-state index in [0.29, 0.717) is 19.6 Å². The van der Waals surface area contributed by atoms with E-state index in [4.69, 9.17) is 4.74 Å². The summed E-state index contributed by atoms with van der Waals surface area (Å²) in [6.07, 6.45) is 4.73. The van der Waals surface area contributed by atoms with Gasteiger partial charge in [-0.05, 0) is 69.0 Å². The number of aromatic nitrogens is 2. The van der Waals surface area contributed by atoms with Gasteiger partial charge in [0.25, 0.3) is 0 Å². The summed E-state index contributed by atoms with van der Waals surface area (Å²) in [5, 5.41) is 8.89. The van der Waals surface area contributed by atoms with Gasteiger partial charge in [-0.25, -0.2) is 0 Å².